The molecule has 0 aliphatic heterocycles. The number of para-hydroxylation sites is 2. The van der Waals surface area contributed by atoms with Crippen molar-refractivity contribution in [1.82, 2.24) is 10.2 Å². The van der Waals surface area contributed by atoms with Gasteiger partial charge in [-0.15, -0.1) is 10.2 Å². The summed E-state index contributed by atoms with van der Waals surface area (Å²) in [6.45, 7) is 0.662. The number of methoxy groups -OCH3 is 1. The quantitative estimate of drug-likeness (QED) is 0.895. The summed E-state index contributed by atoms with van der Waals surface area (Å²) in [5.41, 5.74) is 6.57. The van der Waals surface area contributed by atoms with E-state index in [9.17, 15) is 0 Å². The first-order chi connectivity index (χ1) is 8.20. The molecule has 0 atom stereocenters. The van der Waals surface area contributed by atoms with Crippen LogP contribution in [0.5, 0.6) is 5.75 Å². The Morgan fingerprint density at radius 3 is 2.76 bits per heavy atom. The summed E-state index contributed by atoms with van der Waals surface area (Å²) in [5, 5.41) is 9.17. The molecule has 17 heavy (non-hydrogen) atoms. The molecule has 0 unspecified atom stereocenters. The Bertz CT molecular complexity index is 500. The molecule has 6 heteroatoms. The third-order valence-corrected chi connectivity index (χ3v) is 3.09. The number of nitrogen functional groups attached to an aromatic ring is 1. The highest BCUT2D eigenvalue weighted by molar-refractivity contribution is 7.15. The molecule has 90 valence electrons. The minimum Gasteiger partial charge on any atom is -0.495 e. The zero-order valence-electron chi connectivity index (χ0n) is 9.75. The fourth-order valence-corrected chi connectivity index (χ4v) is 2.23. The molecule has 0 aliphatic rings. The molecule has 0 fully saturated rings. The largest absolute Gasteiger partial charge is 0.495 e. The van der Waals surface area contributed by atoms with Gasteiger partial charge in [-0.1, -0.05) is 23.5 Å². The van der Waals surface area contributed by atoms with Crippen molar-refractivity contribution in [1.29, 1.82) is 0 Å². The van der Waals surface area contributed by atoms with E-state index < -0.39 is 0 Å². The van der Waals surface area contributed by atoms with Gasteiger partial charge in [0.25, 0.3) is 0 Å². The SMILES string of the molecule is COc1ccccc1N(C)Cc1nnc(N)s1. The molecular weight excluding hydrogens is 236 g/mol. The van der Waals surface area contributed by atoms with Gasteiger partial charge in [-0.05, 0) is 12.1 Å². The van der Waals surface area contributed by atoms with E-state index in [0.717, 1.165) is 16.4 Å². The van der Waals surface area contributed by atoms with Crippen LogP contribution in [0.3, 0.4) is 0 Å². The first-order valence-corrected chi connectivity index (χ1v) is 5.94. The number of benzene rings is 1. The van der Waals surface area contributed by atoms with Crippen LogP contribution >= 0.6 is 11.3 Å². The summed E-state index contributed by atoms with van der Waals surface area (Å²) < 4.78 is 5.31. The van der Waals surface area contributed by atoms with Gasteiger partial charge < -0.3 is 15.4 Å². The van der Waals surface area contributed by atoms with Crippen molar-refractivity contribution in [3.05, 3.63) is 29.3 Å². The lowest BCUT2D eigenvalue weighted by Gasteiger charge is -2.20. The van der Waals surface area contributed by atoms with Gasteiger partial charge in [-0.3, -0.25) is 0 Å². The molecule has 2 aromatic rings. The highest BCUT2D eigenvalue weighted by Gasteiger charge is 2.10. The van der Waals surface area contributed by atoms with Crippen LogP contribution in [0.2, 0.25) is 0 Å². The fourth-order valence-electron chi connectivity index (χ4n) is 1.56. The summed E-state index contributed by atoms with van der Waals surface area (Å²) in [6.07, 6.45) is 0. The molecule has 2 rings (SSSR count). The minimum atomic E-state index is 0.494. The third kappa shape index (κ3) is 2.65. The first-order valence-electron chi connectivity index (χ1n) is 5.12. The Hall–Kier alpha value is -1.82. The molecule has 1 heterocycles. The predicted molar refractivity (Wildman–Crippen MR) is 69.4 cm³/mol. The van der Waals surface area contributed by atoms with Crippen molar-refractivity contribution in [3.63, 3.8) is 0 Å². The van der Waals surface area contributed by atoms with Gasteiger partial charge in [0.2, 0.25) is 5.13 Å². The zero-order chi connectivity index (χ0) is 12.3. The summed E-state index contributed by atoms with van der Waals surface area (Å²) >= 11 is 1.40. The van der Waals surface area contributed by atoms with Crippen LogP contribution in [-0.4, -0.2) is 24.4 Å². The van der Waals surface area contributed by atoms with Crippen LogP contribution in [0.15, 0.2) is 24.3 Å². The van der Waals surface area contributed by atoms with E-state index in [1.165, 1.54) is 11.3 Å². The maximum atomic E-state index is 5.55. The molecule has 0 saturated carbocycles. The second-order valence-electron chi connectivity index (χ2n) is 3.56. The minimum absolute atomic E-state index is 0.494. The van der Waals surface area contributed by atoms with Crippen molar-refractivity contribution >= 4 is 22.2 Å². The number of hydrogen-bond donors (Lipinski definition) is 1. The van der Waals surface area contributed by atoms with E-state index in [-0.39, 0.29) is 0 Å². The smallest absolute Gasteiger partial charge is 0.203 e. The lowest BCUT2D eigenvalue weighted by atomic mass is 10.2. The number of nitrogens with zero attached hydrogens (tertiary/aromatic N) is 3. The third-order valence-electron chi connectivity index (χ3n) is 2.35. The van der Waals surface area contributed by atoms with Gasteiger partial charge >= 0.3 is 0 Å². The predicted octanol–water partition coefficient (Wildman–Crippen LogP) is 1.77. The molecule has 0 radical (unpaired) electrons. The Morgan fingerprint density at radius 2 is 2.12 bits per heavy atom. The van der Waals surface area contributed by atoms with E-state index in [2.05, 4.69) is 15.1 Å². The van der Waals surface area contributed by atoms with Gasteiger partial charge in [0.15, 0.2) is 0 Å². The summed E-state index contributed by atoms with van der Waals surface area (Å²) in [4.78, 5) is 2.05. The van der Waals surface area contributed by atoms with Gasteiger partial charge in [0, 0.05) is 7.05 Å². The van der Waals surface area contributed by atoms with Gasteiger partial charge in [0.1, 0.15) is 10.8 Å². The molecule has 0 bridgehead atoms. The van der Waals surface area contributed by atoms with Crippen LogP contribution < -0.4 is 15.4 Å². The summed E-state index contributed by atoms with van der Waals surface area (Å²) in [7, 11) is 3.64. The van der Waals surface area contributed by atoms with Crippen molar-refractivity contribution in [3.8, 4) is 5.75 Å². The Balaban J connectivity index is 2.16. The van der Waals surface area contributed by atoms with Crippen molar-refractivity contribution < 1.29 is 4.74 Å². The van der Waals surface area contributed by atoms with Crippen LogP contribution in [-0.2, 0) is 6.54 Å². The van der Waals surface area contributed by atoms with Crippen molar-refractivity contribution in [2.24, 2.45) is 0 Å². The highest BCUT2D eigenvalue weighted by atomic mass is 32.1. The Morgan fingerprint density at radius 1 is 1.35 bits per heavy atom. The van der Waals surface area contributed by atoms with E-state index in [0.29, 0.717) is 11.7 Å². The highest BCUT2D eigenvalue weighted by Crippen LogP contribution is 2.28. The molecule has 1 aromatic heterocycles. The monoisotopic (exact) mass is 250 g/mol. The molecule has 0 spiro atoms. The zero-order valence-corrected chi connectivity index (χ0v) is 10.6. The average Bonchev–Trinajstić information content (AvgIpc) is 2.74. The fraction of sp³-hybridized carbons (Fsp3) is 0.273. The second kappa shape index (κ2) is 5.01. The Labute approximate surface area is 104 Å². The Kier molecular flexibility index (Phi) is 3.43. The van der Waals surface area contributed by atoms with Crippen LogP contribution in [0.4, 0.5) is 10.8 Å². The molecule has 0 aliphatic carbocycles. The average molecular weight is 250 g/mol. The summed E-state index contributed by atoms with van der Waals surface area (Å²) in [5.74, 6) is 0.840. The number of nitrogens with two attached hydrogens (primary N) is 1. The van der Waals surface area contributed by atoms with Crippen LogP contribution in [0, 0.1) is 0 Å². The van der Waals surface area contributed by atoms with Gasteiger partial charge in [-0.25, -0.2) is 0 Å². The molecule has 0 saturated heterocycles. The standard InChI is InChI=1S/C11H14N4OS/c1-15(7-10-13-14-11(12)17-10)8-5-3-4-6-9(8)16-2/h3-6H,7H2,1-2H3,(H2,12,14). The normalized spacial score (nSPS) is 10.2. The van der Waals surface area contributed by atoms with E-state index in [1.54, 1.807) is 7.11 Å². The number of hydrogen-bond acceptors (Lipinski definition) is 6. The number of ether oxygens (including phenoxy) is 1. The molecule has 5 nitrogen and oxygen atoms in total. The number of aromatic nitrogens is 2. The molecular formula is C11H14N4OS. The molecule has 1 aromatic carbocycles. The lowest BCUT2D eigenvalue weighted by molar-refractivity contribution is 0.415. The van der Waals surface area contributed by atoms with E-state index in [1.807, 2.05) is 31.3 Å². The van der Waals surface area contributed by atoms with Gasteiger partial charge in [0.05, 0.1) is 19.3 Å². The molecule has 2 N–H and O–H groups in total. The maximum absolute atomic E-state index is 5.55. The lowest BCUT2D eigenvalue weighted by Crippen LogP contribution is -2.16. The first kappa shape index (κ1) is 11.7. The molecule has 0 amide bonds. The van der Waals surface area contributed by atoms with E-state index in [4.69, 9.17) is 10.5 Å². The summed E-state index contributed by atoms with van der Waals surface area (Å²) in [6, 6.07) is 7.85. The second-order valence-corrected chi connectivity index (χ2v) is 4.66. The number of anilines is 2. The maximum Gasteiger partial charge on any atom is 0.203 e. The topological polar surface area (TPSA) is 64.3 Å². The number of rotatable bonds is 4. The van der Waals surface area contributed by atoms with Crippen LogP contribution in [0.25, 0.3) is 0 Å². The van der Waals surface area contributed by atoms with Crippen molar-refractivity contribution in [2.45, 2.75) is 6.54 Å². The van der Waals surface area contributed by atoms with Gasteiger partial charge in [-0.2, -0.15) is 0 Å². The van der Waals surface area contributed by atoms with Crippen LogP contribution in [0.1, 0.15) is 5.01 Å². The van der Waals surface area contributed by atoms with Crippen molar-refractivity contribution in [2.75, 3.05) is 24.8 Å². The van der Waals surface area contributed by atoms with E-state index >= 15 is 0 Å².